The van der Waals surface area contributed by atoms with Crippen LogP contribution >= 0.6 is 19.7 Å². The molecular formula is C24H25OPS. The van der Waals surface area contributed by atoms with Crippen LogP contribution < -0.4 is 10.6 Å². The Labute approximate surface area is 168 Å². The molecule has 3 rings (SSSR count). The van der Waals surface area contributed by atoms with Crippen molar-refractivity contribution in [2.45, 2.75) is 25.7 Å². The molecule has 0 N–H and O–H groups in total. The van der Waals surface area contributed by atoms with Gasteiger partial charge in [0.25, 0.3) is 0 Å². The van der Waals surface area contributed by atoms with Crippen LogP contribution in [-0.2, 0) is 11.2 Å². The Morgan fingerprint density at radius 3 is 1.78 bits per heavy atom. The van der Waals surface area contributed by atoms with E-state index < -0.39 is 7.92 Å². The molecule has 0 amide bonds. The number of carbonyl (C=O) groups is 1. The number of hydrogen-bond acceptors (Lipinski definition) is 2. The zero-order chi connectivity index (χ0) is 18.7. The minimum Gasteiger partial charge on any atom is -0.287 e. The van der Waals surface area contributed by atoms with Crippen molar-refractivity contribution in [3.8, 4) is 0 Å². The summed E-state index contributed by atoms with van der Waals surface area (Å²) in [5.74, 6) is 0. The van der Waals surface area contributed by atoms with E-state index in [1.807, 2.05) is 18.2 Å². The summed E-state index contributed by atoms with van der Waals surface area (Å²) in [7, 11) is -0.496. The quantitative estimate of drug-likeness (QED) is 0.341. The van der Waals surface area contributed by atoms with Gasteiger partial charge >= 0.3 is 0 Å². The van der Waals surface area contributed by atoms with Crippen LogP contribution in [-0.4, -0.2) is 10.6 Å². The average molecular weight is 393 g/mol. The summed E-state index contributed by atoms with van der Waals surface area (Å²) in [6, 6.07) is 31.7. The van der Waals surface area contributed by atoms with Gasteiger partial charge in [0.15, 0.2) is 5.12 Å². The zero-order valence-electron chi connectivity index (χ0n) is 15.5. The van der Waals surface area contributed by atoms with Gasteiger partial charge in [-0.15, -0.1) is 0 Å². The third-order valence-electron chi connectivity index (χ3n) is 4.43. The number of benzene rings is 3. The summed E-state index contributed by atoms with van der Waals surface area (Å²) in [6.45, 7) is 0. The van der Waals surface area contributed by atoms with Crippen molar-refractivity contribution in [2.75, 3.05) is 5.49 Å². The minimum atomic E-state index is -0.496. The molecule has 138 valence electrons. The molecule has 27 heavy (non-hydrogen) atoms. The van der Waals surface area contributed by atoms with Crippen molar-refractivity contribution in [3.63, 3.8) is 0 Å². The van der Waals surface area contributed by atoms with E-state index in [9.17, 15) is 4.79 Å². The van der Waals surface area contributed by atoms with E-state index in [-0.39, 0.29) is 0 Å². The molecule has 0 fully saturated rings. The van der Waals surface area contributed by atoms with Crippen LogP contribution in [0.25, 0.3) is 0 Å². The summed E-state index contributed by atoms with van der Waals surface area (Å²) in [5.41, 5.74) is 2.22. The van der Waals surface area contributed by atoms with E-state index in [4.69, 9.17) is 0 Å². The molecule has 0 heterocycles. The molecular weight excluding hydrogens is 367 g/mol. The van der Waals surface area contributed by atoms with Crippen molar-refractivity contribution in [1.82, 2.24) is 0 Å². The van der Waals surface area contributed by atoms with Crippen LogP contribution in [0.4, 0.5) is 0 Å². The first kappa shape index (κ1) is 19.9. The zero-order valence-corrected chi connectivity index (χ0v) is 17.2. The first-order chi connectivity index (χ1) is 13.3. The molecule has 0 aliphatic carbocycles. The van der Waals surface area contributed by atoms with Crippen LogP contribution in [0.15, 0.2) is 91.0 Å². The fourth-order valence-electron chi connectivity index (χ4n) is 2.97. The maximum absolute atomic E-state index is 12.4. The van der Waals surface area contributed by atoms with E-state index in [2.05, 4.69) is 72.8 Å². The SMILES string of the molecule is O=C(CCCCc1ccccc1)SCP(c1ccccc1)c1ccccc1. The van der Waals surface area contributed by atoms with E-state index in [1.54, 1.807) is 0 Å². The second-order valence-electron chi connectivity index (χ2n) is 6.44. The highest BCUT2D eigenvalue weighted by Crippen LogP contribution is 2.38. The van der Waals surface area contributed by atoms with Gasteiger partial charge in [0, 0.05) is 11.9 Å². The molecule has 0 bridgehead atoms. The van der Waals surface area contributed by atoms with Gasteiger partial charge in [-0.3, -0.25) is 4.79 Å². The van der Waals surface area contributed by atoms with Crippen molar-refractivity contribution >= 4 is 35.4 Å². The summed E-state index contributed by atoms with van der Waals surface area (Å²) in [4.78, 5) is 12.4. The van der Waals surface area contributed by atoms with Crippen LogP contribution in [0.2, 0.25) is 0 Å². The normalized spacial score (nSPS) is 10.9. The van der Waals surface area contributed by atoms with Crippen LogP contribution in [0, 0.1) is 0 Å². The van der Waals surface area contributed by atoms with Crippen molar-refractivity contribution in [3.05, 3.63) is 96.6 Å². The Morgan fingerprint density at radius 2 is 1.22 bits per heavy atom. The first-order valence-electron chi connectivity index (χ1n) is 9.40. The average Bonchev–Trinajstić information content (AvgIpc) is 2.74. The van der Waals surface area contributed by atoms with Crippen molar-refractivity contribution in [1.29, 1.82) is 0 Å². The van der Waals surface area contributed by atoms with Crippen LogP contribution in [0.5, 0.6) is 0 Å². The van der Waals surface area contributed by atoms with Gasteiger partial charge in [-0.1, -0.05) is 103 Å². The summed E-state index contributed by atoms with van der Waals surface area (Å²) in [5, 5.41) is 2.99. The number of thioether (sulfide) groups is 1. The molecule has 3 heteroatoms. The van der Waals surface area contributed by atoms with E-state index in [0.717, 1.165) is 24.8 Å². The Kier molecular flexibility index (Phi) is 8.14. The van der Waals surface area contributed by atoms with Crippen LogP contribution in [0.1, 0.15) is 24.8 Å². The van der Waals surface area contributed by atoms with E-state index >= 15 is 0 Å². The smallest absolute Gasteiger partial charge is 0.189 e. The summed E-state index contributed by atoms with van der Waals surface area (Å²) >= 11 is 1.51. The van der Waals surface area contributed by atoms with Crippen molar-refractivity contribution in [2.24, 2.45) is 0 Å². The second kappa shape index (κ2) is 11.1. The highest BCUT2D eigenvalue weighted by Gasteiger charge is 2.15. The fraction of sp³-hybridized carbons (Fsp3) is 0.208. The lowest BCUT2D eigenvalue weighted by Gasteiger charge is -2.17. The van der Waals surface area contributed by atoms with Crippen molar-refractivity contribution < 1.29 is 4.79 Å². The fourth-order valence-corrected chi connectivity index (χ4v) is 6.90. The Hall–Kier alpha value is -1.89. The number of aryl methyl sites for hydroxylation is 1. The molecule has 0 saturated carbocycles. The third-order valence-corrected chi connectivity index (χ3v) is 8.35. The molecule has 3 aromatic rings. The Balaban J connectivity index is 1.49. The van der Waals surface area contributed by atoms with Gasteiger partial charge in [0.2, 0.25) is 0 Å². The monoisotopic (exact) mass is 392 g/mol. The first-order valence-corrected chi connectivity index (χ1v) is 11.9. The maximum atomic E-state index is 12.4. The molecule has 0 aromatic heterocycles. The molecule has 0 radical (unpaired) electrons. The van der Waals surface area contributed by atoms with Gasteiger partial charge in [0.1, 0.15) is 0 Å². The van der Waals surface area contributed by atoms with Gasteiger partial charge in [-0.25, -0.2) is 0 Å². The lowest BCUT2D eigenvalue weighted by molar-refractivity contribution is -0.111. The van der Waals surface area contributed by atoms with Gasteiger partial charge in [-0.2, -0.15) is 0 Å². The number of hydrogen-bond donors (Lipinski definition) is 0. The predicted octanol–water partition coefficient (Wildman–Crippen LogP) is 5.75. The number of unbranched alkanes of at least 4 members (excludes halogenated alkanes) is 1. The number of carbonyl (C=O) groups excluding carboxylic acids is 1. The molecule has 0 aliphatic heterocycles. The molecule has 3 aromatic carbocycles. The highest BCUT2D eigenvalue weighted by molar-refractivity contribution is 8.18. The topological polar surface area (TPSA) is 17.1 Å². The predicted molar refractivity (Wildman–Crippen MR) is 121 cm³/mol. The van der Waals surface area contributed by atoms with Crippen LogP contribution in [0.3, 0.4) is 0 Å². The lowest BCUT2D eigenvalue weighted by Crippen LogP contribution is -2.13. The second-order valence-corrected chi connectivity index (χ2v) is 10.1. The molecule has 0 unspecified atom stereocenters. The Bertz CT molecular complexity index is 766. The van der Waals surface area contributed by atoms with E-state index in [0.29, 0.717) is 11.5 Å². The molecule has 0 aliphatic rings. The molecule has 0 atom stereocenters. The molecule has 0 spiro atoms. The molecule has 1 nitrogen and oxygen atoms in total. The largest absolute Gasteiger partial charge is 0.287 e. The maximum Gasteiger partial charge on any atom is 0.189 e. The highest BCUT2D eigenvalue weighted by atomic mass is 32.2. The summed E-state index contributed by atoms with van der Waals surface area (Å²) < 4.78 is 0. The van der Waals surface area contributed by atoms with Gasteiger partial charge < -0.3 is 0 Å². The third kappa shape index (κ3) is 6.65. The standard InChI is InChI=1S/C24H25OPS/c25-24(19-11-10-14-21-12-4-1-5-13-21)27-20-26(22-15-6-2-7-16-22)23-17-8-3-9-18-23/h1-9,12-13,15-18H,10-11,14,19-20H2. The van der Waals surface area contributed by atoms with Gasteiger partial charge in [-0.05, 0) is 43.4 Å². The van der Waals surface area contributed by atoms with Gasteiger partial charge in [0.05, 0.1) is 0 Å². The molecule has 0 saturated heterocycles. The minimum absolute atomic E-state index is 0.322. The summed E-state index contributed by atoms with van der Waals surface area (Å²) in [6.07, 6.45) is 3.77. The van der Waals surface area contributed by atoms with E-state index in [1.165, 1.54) is 27.9 Å². The lowest BCUT2D eigenvalue weighted by atomic mass is 10.1. The Morgan fingerprint density at radius 1 is 0.704 bits per heavy atom. The number of rotatable bonds is 9.